The second-order valence-electron chi connectivity index (χ2n) is 0. The molecule has 0 aromatic rings. The molecule has 0 rings (SSSR count). The molecule has 2 radical (unpaired) electrons. The standard InChI is InChI=1S/Cs.3HI.Sn.3H/h;3*1H;;;;/q+1;;;;;;;-1. The van der Waals surface area contributed by atoms with Gasteiger partial charge in [0.25, 0.3) is 0 Å². The van der Waals surface area contributed by atoms with Gasteiger partial charge in [-0.2, -0.15) is 0 Å². The van der Waals surface area contributed by atoms with Gasteiger partial charge in [-0.3, -0.25) is 0 Å². The molecule has 5 heteroatoms. The fraction of sp³-hybridized carbons (Fsp3) is 0. The van der Waals surface area contributed by atoms with Crippen molar-refractivity contribution >= 4 is 95.8 Å². The van der Waals surface area contributed by atoms with Gasteiger partial charge < -0.3 is 1.43 Å². The number of hydrogen-bond acceptors (Lipinski definition) is 0. The Morgan fingerprint density at radius 1 is 0.800 bits per heavy atom. The van der Waals surface area contributed by atoms with Crippen LogP contribution >= 0.6 is 71.9 Å². The van der Waals surface area contributed by atoms with E-state index in [1.807, 2.05) is 0 Å². The molecule has 0 N–H and O–H groups in total. The monoisotopic (exact) mass is 640 g/mol. The van der Waals surface area contributed by atoms with Crippen LogP contribution < -0.4 is 68.9 Å². The summed E-state index contributed by atoms with van der Waals surface area (Å²) in [6, 6.07) is 0. The summed E-state index contributed by atoms with van der Waals surface area (Å²) in [6.45, 7) is 0. The predicted molar refractivity (Wildman–Crippen MR) is 55.9 cm³/mol. The molecule has 32 valence electrons. The molecule has 0 aliphatic carbocycles. The summed E-state index contributed by atoms with van der Waals surface area (Å²) in [5, 5.41) is 0. The van der Waals surface area contributed by atoms with Crippen molar-refractivity contribution in [3.05, 3.63) is 0 Å². The van der Waals surface area contributed by atoms with E-state index >= 15 is 0 Å². The van der Waals surface area contributed by atoms with Crippen molar-refractivity contribution in [3.8, 4) is 0 Å². The van der Waals surface area contributed by atoms with Crippen molar-refractivity contribution in [2.45, 2.75) is 0 Å². The predicted octanol–water partition coefficient (Wildman–Crippen LogP) is -1.95. The van der Waals surface area contributed by atoms with Gasteiger partial charge in [0.15, 0.2) is 0 Å². The molecule has 0 aliphatic rings. The van der Waals surface area contributed by atoms with Crippen LogP contribution in [0.2, 0.25) is 0 Å². The Kier molecular flexibility index (Phi) is 149. The normalized spacial score (nSPS) is 0. The molecule has 0 aliphatic heterocycles. The van der Waals surface area contributed by atoms with Crippen molar-refractivity contribution in [2.24, 2.45) is 0 Å². The summed E-state index contributed by atoms with van der Waals surface area (Å²) in [4.78, 5) is 0. The average molecular weight is 638 g/mol. The van der Waals surface area contributed by atoms with Gasteiger partial charge in [-0.25, -0.2) is 0 Å². The first-order chi connectivity index (χ1) is 0. The zero-order valence-electron chi connectivity index (χ0n) is 3.93. The van der Waals surface area contributed by atoms with Crippen LogP contribution in [0.15, 0.2) is 0 Å². The van der Waals surface area contributed by atoms with E-state index in [0.717, 1.165) is 0 Å². The van der Waals surface area contributed by atoms with Gasteiger partial charge in [-0.15, -0.1) is 71.9 Å². The van der Waals surface area contributed by atoms with Crippen LogP contribution in [0.1, 0.15) is 1.43 Å². The Hall–Kier alpha value is 5.04. The fourth-order valence-corrected chi connectivity index (χ4v) is 0. The molecule has 0 amide bonds. The SMILES string of the molecule is I.I.I.[Cs+].[H-].[SnH2]. The second-order valence-corrected chi connectivity index (χ2v) is 0. The summed E-state index contributed by atoms with van der Waals surface area (Å²) < 4.78 is 0. The Morgan fingerprint density at radius 2 is 0.800 bits per heavy atom. The van der Waals surface area contributed by atoms with Gasteiger partial charge in [0.05, 0.1) is 0 Å². The molecule has 0 fully saturated rings. The van der Waals surface area contributed by atoms with Gasteiger partial charge in [0, 0.05) is 0 Å². The molecule has 5 heavy (non-hydrogen) atoms. The van der Waals surface area contributed by atoms with E-state index in [4.69, 9.17) is 0 Å². The third-order valence-electron chi connectivity index (χ3n) is 0. The zero-order valence-corrected chi connectivity index (χ0v) is 20.2. The molecule has 0 aromatic heterocycles. The van der Waals surface area contributed by atoms with Crippen LogP contribution in [0.25, 0.3) is 0 Å². The van der Waals surface area contributed by atoms with Gasteiger partial charge in [0.2, 0.25) is 0 Å². The molecule has 0 saturated heterocycles. The van der Waals surface area contributed by atoms with Crippen molar-refractivity contribution in [1.82, 2.24) is 0 Å². The number of rotatable bonds is 0. The Bertz CT molecular complexity index is 10.8. The maximum atomic E-state index is 0. The molecule has 0 spiro atoms. The van der Waals surface area contributed by atoms with Crippen LogP contribution in [0.4, 0.5) is 0 Å². The minimum atomic E-state index is 0. The van der Waals surface area contributed by atoms with E-state index in [1.54, 1.807) is 0 Å². The molecule has 0 heterocycles. The summed E-state index contributed by atoms with van der Waals surface area (Å²) in [5.74, 6) is 0. The second kappa shape index (κ2) is 23.0. The van der Waals surface area contributed by atoms with Crippen molar-refractivity contribution in [3.63, 3.8) is 0 Å². The molecule has 0 nitrogen and oxygen atoms in total. The first-order valence-electron chi connectivity index (χ1n) is 0. The van der Waals surface area contributed by atoms with E-state index < -0.39 is 0 Å². The third kappa shape index (κ3) is 17.6. The molecular formula is H6CsI3Sn. The van der Waals surface area contributed by atoms with Gasteiger partial charge in [-0.1, -0.05) is 0 Å². The van der Waals surface area contributed by atoms with Crippen molar-refractivity contribution in [1.29, 1.82) is 0 Å². The van der Waals surface area contributed by atoms with Crippen LogP contribution in [-0.2, 0) is 0 Å². The first-order valence-corrected chi connectivity index (χ1v) is 0. The summed E-state index contributed by atoms with van der Waals surface area (Å²) in [5.41, 5.74) is 0. The van der Waals surface area contributed by atoms with Crippen LogP contribution in [0.5, 0.6) is 0 Å². The van der Waals surface area contributed by atoms with Gasteiger partial charge in [0.1, 0.15) is 0 Å². The molecule has 0 aromatic carbocycles. The van der Waals surface area contributed by atoms with Crippen LogP contribution in [0, 0.1) is 0 Å². The Morgan fingerprint density at radius 3 is 0.800 bits per heavy atom. The van der Waals surface area contributed by atoms with E-state index in [1.165, 1.54) is 0 Å². The molecule has 0 atom stereocenters. The third-order valence-corrected chi connectivity index (χ3v) is 0. The summed E-state index contributed by atoms with van der Waals surface area (Å²) >= 11 is 0. The molecule has 0 saturated carbocycles. The first kappa shape index (κ1) is 32.3. The fourth-order valence-electron chi connectivity index (χ4n) is 0. The number of halogens is 3. The van der Waals surface area contributed by atoms with Gasteiger partial charge >= 0.3 is 92.8 Å². The Balaban J connectivity index is 0. The number of hydrogen-bond donors (Lipinski definition) is 0. The quantitative estimate of drug-likeness (QED) is 0.214. The van der Waals surface area contributed by atoms with Crippen LogP contribution in [-0.4, -0.2) is 23.9 Å². The van der Waals surface area contributed by atoms with Crippen LogP contribution in [0.3, 0.4) is 0 Å². The Labute approximate surface area is 161 Å². The average Bonchev–Trinajstić information content (AvgIpc) is 0. The minimum absolute atomic E-state index is 0. The molecular weight excluding hydrogens is 632 g/mol. The molecule has 0 unspecified atom stereocenters. The van der Waals surface area contributed by atoms with Crippen molar-refractivity contribution < 1.29 is 70.3 Å². The van der Waals surface area contributed by atoms with E-state index in [-0.39, 0.29) is 166 Å². The summed E-state index contributed by atoms with van der Waals surface area (Å²) in [6.07, 6.45) is 0. The van der Waals surface area contributed by atoms with Crippen molar-refractivity contribution in [2.75, 3.05) is 0 Å². The van der Waals surface area contributed by atoms with E-state index in [9.17, 15) is 0 Å². The summed E-state index contributed by atoms with van der Waals surface area (Å²) in [7, 11) is 0. The molecule has 0 bridgehead atoms. The van der Waals surface area contributed by atoms with Gasteiger partial charge in [-0.05, 0) is 0 Å². The zero-order chi connectivity index (χ0) is 0. The van der Waals surface area contributed by atoms with E-state index in [0.29, 0.717) is 0 Å². The topological polar surface area (TPSA) is 0 Å². The maximum absolute atomic E-state index is 0. The van der Waals surface area contributed by atoms with E-state index in [2.05, 4.69) is 0 Å².